The van der Waals surface area contributed by atoms with Gasteiger partial charge in [-0.05, 0) is 29.8 Å². The summed E-state index contributed by atoms with van der Waals surface area (Å²) in [5.74, 6) is -0.921. The Morgan fingerprint density at radius 3 is 1.95 bits per heavy atom. The van der Waals surface area contributed by atoms with Crippen molar-refractivity contribution in [2.45, 2.75) is 6.42 Å². The van der Waals surface area contributed by atoms with E-state index in [0.717, 1.165) is 4.90 Å². The lowest BCUT2D eigenvalue weighted by Crippen LogP contribution is -2.30. The number of benzene rings is 2. The molecule has 0 unspecified atom stereocenters. The second-order valence-electron chi connectivity index (χ2n) is 4.73. The minimum atomic E-state index is -0.461. The maximum absolute atomic E-state index is 12.5. The first-order chi connectivity index (χ1) is 10.5. The van der Waals surface area contributed by atoms with Crippen molar-refractivity contribution >= 4 is 40.7 Å². The zero-order valence-corrected chi connectivity index (χ0v) is 12.6. The van der Waals surface area contributed by atoms with Crippen LogP contribution in [0.1, 0.15) is 26.3 Å². The van der Waals surface area contributed by atoms with Crippen LogP contribution < -0.4 is 4.90 Å². The van der Waals surface area contributed by atoms with Gasteiger partial charge in [-0.15, -0.1) is 0 Å². The summed E-state index contributed by atoms with van der Waals surface area (Å²) in [5, 5.41) is 9.05. The minimum absolute atomic E-state index is 0.141. The molecule has 0 saturated carbocycles. The second kappa shape index (κ2) is 5.45. The number of carbonyl (C=O) groups excluding carboxylic acids is 2. The summed E-state index contributed by atoms with van der Waals surface area (Å²) in [5.41, 5.74) is 1.41. The van der Waals surface area contributed by atoms with E-state index < -0.39 is 11.8 Å². The number of halogens is 2. The molecule has 0 spiro atoms. The van der Waals surface area contributed by atoms with Gasteiger partial charge in [0.05, 0.1) is 39.3 Å². The van der Waals surface area contributed by atoms with E-state index >= 15 is 0 Å². The third-order valence-electron chi connectivity index (χ3n) is 3.38. The fourth-order valence-corrected chi connectivity index (χ4v) is 3.12. The molecular weight excluding hydrogens is 323 g/mol. The molecule has 0 radical (unpaired) electrons. The number of hydrogen-bond donors (Lipinski definition) is 0. The van der Waals surface area contributed by atoms with E-state index in [4.69, 9.17) is 28.5 Å². The van der Waals surface area contributed by atoms with Gasteiger partial charge in [0.2, 0.25) is 0 Å². The Morgan fingerprint density at radius 2 is 1.50 bits per heavy atom. The summed E-state index contributed by atoms with van der Waals surface area (Å²) in [6.07, 6.45) is 0.141. The van der Waals surface area contributed by atoms with E-state index in [-0.39, 0.29) is 22.2 Å². The first-order valence-corrected chi connectivity index (χ1v) is 7.13. The van der Waals surface area contributed by atoms with E-state index in [1.165, 1.54) is 12.1 Å². The summed E-state index contributed by atoms with van der Waals surface area (Å²) in [7, 11) is 0. The van der Waals surface area contributed by atoms with E-state index in [1.54, 1.807) is 24.3 Å². The number of amides is 2. The van der Waals surface area contributed by atoms with Crippen molar-refractivity contribution in [1.82, 2.24) is 0 Å². The van der Waals surface area contributed by atoms with Gasteiger partial charge < -0.3 is 0 Å². The maximum Gasteiger partial charge on any atom is 0.266 e. The second-order valence-corrected chi connectivity index (χ2v) is 5.55. The molecule has 0 saturated heterocycles. The molecule has 1 aliphatic rings. The van der Waals surface area contributed by atoms with Gasteiger partial charge in [-0.2, -0.15) is 5.26 Å². The predicted octanol–water partition coefficient (Wildman–Crippen LogP) is 3.86. The lowest BCUT2D eigenvalue weighted by molar-refractivity contribution is 0.0926. The van der Waals surface area contributed by atoms with Crippen molar-refractivity contribution in [1.29, 1.82) is 5.26 Å². The Morgan fingerprint density at radius 1 is 1.00 bits per heavy atom. The van der Waals surface area contributed by atoms with Gasteiger partial charge in [-0.1, -0.05) is 35.3 Å². The van der Waals surface area contributed by atoms with Crippen LogP contribution >= 0.6 is 23.2 Å². The van der Waals surface area contributed by atoms with Crippen LogP contribution in [0.4, 0.5) is 5.69 Å². The molecule has 0 fully saturated rings. The Kier molecular flexibility index (Phi) is 3.61. The first kappa shape index (κ1) is 14.6. The van der Waals surface area contributed by atoms with Crippen molar-refractivity contribution in [2.75, 3.05) is 4.90 Å². The van der Waals surface area contributed by atoms with Gasteiger partial charge in [-0.25, -0.2) is 4.90 Å². The predicted molar refractivity (Wildman–Crippen MR) is 83.4 cm³/mol. The van der Waals surface area contributed by atoms with Crippen molar-refractivity contribution in [3.63, 3.8) is 0 Å². The Labute approximate surface area is 136 Å². The molecule has 4 nitrogen and oxygen atoms in total. The molecule has 0 aliphatic carbocycles. The molecule has 2 aromatic carbocycles. The average molecular weight is 331 g/mol. The zero-order valence-electron chi connectivity index (χ0n) is 11.1. The normalized spacial score (nSPS) is 13.2. The Hall–Kier alpha value is -2.35. The lowest BCUT2D eigenvalue weighted by atomic mass is 10.1. The fraction of sp³-hybridized carbons (Fsp3) is 0.0625. The number of rotatable bonds is 2. The lowest BCUT2D eigenvalue weighted by Gasteiger charge is -2.18. The SMILES string of the molecule is N#CCc1cc(Cl)c(N2C(=O)c3ccccc3C2=O)c(Cl)c1. The largest absolute Gasteiger partial charge is 0.268 e. The molecule has 0 atom stereocenters. The number of hydrogen-bond acceptors (Lipinski definition) is 3. The number of imide groups is 1. The number of nitrogens with zero attached hydrogens (tertiary/aromatic N) is 2. The van der Waals surface area contributed by atoms with Crippen molar-refractivity contribution in [2.24, 2.45) is 0 Å². The van der Waals surface area contributed by atoms with Crippen molar-refractivity contribution in [3.05, 3.63) is 63.1 Å². The molecule has 1 heterocycles. The van der Waals surface area contributed by atoms with Crippen LogP contribution in [0.15, 0.2) is 36.4 Å². The molecule has 2 aromatic rings. The highest BCUT2D eigenvalue weighted by Crippen LogP contribution is 2.39. The van der Waals surface area contributed by atoms with Crippen LogP contribution in [0.25, 0.3) is 0 Å². The molecule has 22 heavy (non-hydrogen) atoms. The standard InChI is InChI=1S/C16H8Cl2N2O2/c17-12-7-9(5-6-19)8-13(18)14(12)20-15(21)10-3-1-2-4-11(10)16(20)22/h1-4,7-8H,5H2. The smallest absolute Gasteiger partial charge is 0.266 e. The zero-order chi connectivity index (χ0) is 15.9. The number of anilines is 1. The highest BCUT2D eigenvalue weighted by Gasteiger charge is 2.38. The summed E-state index contributed by atoms with van der Waals surface area (Å²) in [6.45, 7) is 0. The topological polar surface area (TPSA) is 61.2 Å². The summed E-state index contributed by atoms with van der Waals surface area (Å²) in [6, 6.07) is 11.6. The monoisotopic (exact) mass is 330 g/mol. The minimum Gasteiger partial charge on any atom is -0.268 e. The summed E-state index contributed by atoms with van der Waals surface area (Å²) in [4.78, 5) is 25.9. The summed E-state index contributed by atoms with van der Waals surface area (Å²) < 4.78 is 0. The van der Waals surface area contributed by atoms with Gasteiger partial charge in [0.25, 0.3) is 11.8 Å². The molecule has 0 bridgehead atoms. The van der Waals surface area contributed by atoms with Crippen molar-refractivity contribution in [3.8, 4) is 6.07 Å². The van der Waals surface area contributed by atoms with Gasteiger partial charge in [-0.3, -0.25) is 9.59 Å². The fourth-order valence-electron chi connectivity index (χ4n) is 2.42. The average Bonchev–Trinajstić information content (AvgIpc) is 2.73. The molecule has 1 aliphatic heterocycles. The molecule has 6 heteroatoms. The molecular formula is C16H8Cl2N2O2. The van der Waals surface area contributed by atoms with Crippen molar-refractivity contribution < 1.29 is 9.59 Å². The van der Waals surface area contributed by atoms with Gasteiger partial charge in [0, 0.05) is 0 Å². The molecule has 3 rings (SSSR count). The summed E-state index contributed by atoms with van der Waals surface area (Å²) >= 11 is 12.4. The maximum atomic E-state index is 12.5. The van der Waals surface area contributed by atoms with Gasteiger partial charge in [0.1, 0.15) is 0 Å². The van der Waals surface area contributed by atoms with E-state index in [1.807, 2.05) is 6.07 Å². The van der Waals surface area contributed by atoms with Gasteiger partial charge in [0.15, 0.2) is 0 Å². The molecule has 108 valence electrons. The number of nitriles is 1. The van der Waals surface area contributed by atoms with Crippen LogP contribution in [0.2, 0.25) is 10.0 Å². The highest BCUT2D eigenvalue weighted by atomic mass is 35.5. The first-order valence-electron chi connectivity index (χ1n) is 6.37. The number of carbonyl (C=O) groups is 2. The Bertz CT molecular complexity index is 797. The van der Waals surface area contributed by atoms with E-state index in [9.17, 15) is 9.59 Å². The van der Waals surface area contributed by atoms with Gasteiger partial charge >= 0.3 is 0 Å². The Balaban J connectivity index is 2.13. The van der Waals surface area contributed by atoms with Crippen LogP contribution in [0.3, 0.4) is 0 Å². The molecule has 0 N–H and O–H groups in total. The molecule has 2 amide bonds. The highest BCUT2D eigenvalue weighted by molar-refractivity contribution is 6.44. The molecule has 0 aromatic heterocycles. The third kappa shape index (κ3) is 2.16. The van der Waals surface area contributed by atoms with E-state index in [0.29, 0.717) is 16.7 Å². The number of fused-ring (bicyclic) bond motifs is 1. The van der Waals surface area contributed by atoms with E-state index in [2.05, 4.69) is 0 Å². The van der Waals surface area contributed by atoms with Crippen LogP contribution in [0, 0.1) is 11.3 Å². The third-order valence-corrected chi connectivity index (χ3v) is 3.95. The quantitative estimate of drug-likeness (QED) is 0.785. The van der Waals surface area contributed by atoms with Crippen LogP contribution in [-0.2, 0) is 6.42 Å². The van der Waals surface area contributed by atoms with Crippen LogP contribution in [-0.4, -0.2) is 11.8 Å². The van der Waals surface area contributed by atoms with Crippen LogP contribution in [0.5, 0.6) is 0 Å².